The molecule has 0 saturated heterocycles. The smallest absolute Gasteiger partial charge is 0.329 e. The Bertz CT molecular complexity index is 1120. The number of benzene rings is 2. The van der Waals surface area contributed by atoms with Gasteiger partial charge in [-0.2, -0.15) is 0 Å². The third-order valence-corrected chi connectivity index (χ3v) is 4.64. The summed E-state index contributed by atoms with van der Waals surface area (Å²) in [4.78, 5) is 26.9. The number of H-pyrrole nitrogens is 1. The van der Waals surface area contributed by atoms with Crippen LogP contribution in [0.25, 0.3) is 10.9 Å². The maximum atomic E-state index is 12.5. The topological polar surface area (TPSA) is 90.1 Å². The fourth-order valence-electron chi connectivity index (χ4n) is 2.95. The van der Waals surface area contributed by atoms with Crippen LogP contribution >= 0.6 is 11.6 Å². The van der Waals surface area contributed by atoms with E-state index >= 15 is 0 Å². The van der Waals surface area contributed by atoms with Crippen LogP contribution in [0, 0.1) is 6.92 Å². The molecule has 0 unspecified atom stereocenters. The zero-order chi connectivity index (χ0) is 19.8. The van der Waals surface area contributed by atoms with Crippen LogP contribution in [-0.4, -0.2) is 21.7 Å². The molecule has 0 aliphatic rings. The van der Waals surface area contributed by atoms with Crippen molar-refractivity contribution >= 4 is 22.5 Å². The van der Waals surface area contributed by atoms with Gasteiger partial charge in [-0.3, -0.25) is 14.3 Å². The molecule has 0 aliphatic carbocycles. The number of para-hydroxylation sites is 1. The van der Waals surface area contributed by atoms with Gasteiger partial charge in [0.05, 0.1) is 17.4 Å². The lowest BCUT2D eigenvalue weighted by atomic mass is 10.1. The van der Waals surface area contributed by atoms with E-state index in [0.717, 1.165) is 11.1 Å². The summed E-state index contributed by atoms with van der Waals surface area (Å²) >= 11 is 6.25. The van der Waals surface area contributed by atoms with Gasteiger partial charge in [0.25, 0.3) is 5.56 Å². The number of aromatic amines is 1. The highest BCUT2D eigenvalue weighted by Gasteiger charge is 2.22. The molecular weight excluding hydrogens is 366 g/mol. The Balaban J connectivity index is 2.18. The molecule has 2 aromatic carbocycles. The number of nitrogens with zero attached hydrogens (tertiary/aromatic N) is 1. The molecule has 3 N–H and O–H groups in total. The van der Waals surface area contributed by atoms with Crippen molar-refractivity contribution in [3.05, 3.63) is 73.4 Å². The molecular formula is C20H22ClN3O3. The highest BCUT2D eigenvalue weighted by molar-refractivity contribution is 6.30. The maximum Gasteiger partial charge on any atom is 0.329 e. The highest BCUT2D eigenvalue weighted by atomic mass is 35.5. The van der Waals surface area contributed by atoms with Gasteiger partial charge in [-0.1, -0.05) is 23.7 Å². The van der Waals surface area contributed by atoms with Crippen LogP contribution in [0.15, 0.2) is 46.0 Å². The number of nitrogens with two attached hydrogens (primary N) is 1. The second kappa shape index (κ2) is 7.21. The molecule has 0 aliphatic heterocycles. The normalized spacial score (nSPS) is 11.7. The standard InChI is InChI=1S/C20H22ClN3O3/c1-12-8-14(21)9-13(17(12)27-20(2,3)11-22)10-24-16-7-5-4-6-15(16)18(25)23-19(24)26/h4-9H,10-11,22H2,1-3H3,(H,23,25,26). The van der Waals surface area contributed by atoms with Crippen molar-refractivity contribution in [1.82, 2.24) is 9.55 Å². The predicted octanol–water partition coefficient (Wildman–Crippen LogP) is 2.82. The molecule has 1 aromatic heterocycles. The summed E-state index contributed by atoms with van der Waals surface area (Å²) in [5.41, 5.74) is 6.47. The number of hydrogen-bond donors (Lipinski definition) is 2. The van der Waals surface area contributed by atoms with Gasteiger partial charge in [0, 0.05) is 17.1 Å². The van der Waals surface area contributed by atoms with Crippen LogP contribution in [-0.2, 0) is 6.54 Å². The summed E-state index contributed by atoms with van der Waals surface area (Å²) in [5.74, 6) is 0.636. The fourth-order valence-corrected chi connectivity index (χ4v) is 3.25. The Morgan fingerprint density at radius 3 is 2.63 bits per heavy atom. The lowest BCUT2D eigenvalue weighted by Crippen LogP contribution is -2.38. The number of aryl methyl sites for hydroxylation is 1. The van der Waals surface area contributed by atoms with Crippen molar-refractivity contribution in [3.63, 3.8) is 0 Å². The number of rotatable bonds is 5. The minimum Gasteiger partial charge on any atom is -0.486 e. The number of fused-ring (bicyclic) bond motifs is 1. The van der Waals surface area contributed by atoms with Crippen LogP contribution in [0.3, 0.4) is 0 Å². The van der Waals surface area contributed by atoms with Gasteiger partial charge in [-0.05, 0) is 50.6 Å². The van der Waals surface area contributed by atoms with Gasteiger partial charge in [0.1, 0.15) is 11.4 Å². The van der Waals surface area contributed by atoms with E-state index in [9.17, 15) is 9.59 Å². The zero-order valence-electron chi connectivity index (χ0n) is 15.5. The molecule has 142 valence electrons. The number of halogens is 1. The summed E-state index contributed by atoms with van der Waals surface area (Å²) in [6.07, 6.45) is 0. The Morgan fingerprint density at radius 1 is 1.22 bits per heavy atom. The van der Waals surface area contributed by atoms with E-state index < -0.39 is 16.9 Å². The van der Waals surface area contributed by atoms with Crippen LogP contribution in [0.2, 0.25) is 5.02 Å². The van der Waals surface area contributed by atoms with E-state index in [0.29, 0.717) is 28.2 Å². The summed E-state index contributed by atoms with van der Waals surface area (Å²) in [7, 11) is 0. The molecule has 0 radical (unpaired) electrons. The Hall–Kier alpha value is -2.57. The van der Waals surface area contributed by atoms with Gasteiger partial charge in [0.2, 0.25) is 0 Å². The molecule has 7 heteroatoms. The lowest BCUT2D eigenvalue weighted by molar-refractivity contribution is 0.116. The summed E-state index contributed by atoms with van der Waals surface area (Å²) in [6.45, 7) is 6.22. The first-order chi connectivity index (χ1) is 12.7. The average molecular weight is 388 g/mol. The fraction of sp³-hybridized carbons (Fsp3) is 0.300. The first-order valence-electron chi connectivity index (χ1n) is 8.62. The Labute approximate surface area is 161 Å². The third-order valence-electron chi connectivity index (χ3n) is 4.42. The molecule has 0 fully saturated rings. The summed E-state index contributed by atoms with van der Waals surface area (Å²) < 4.78 is 7.65. The largest absolute Gasteiger partial charge is 0.486 e. The van der Waals surface area contributed by atoms with E-state index in [4.69, 9.17) is 22.1 Å². The molecule has 0 amide bonds. The zero-order valence-corrected chi connectivity index (χ0v) is 16.3. The SMILES string of the molecule is Cc1cc(Cl)cc(Cn2c(=O)[nH]c(=O)c3ccccc32)c1OC(C)(C)CN. The van der Waals surface area contributed by atoms with Crippen molar-refractivity contribution in [2.24, 2.45) is 5.73 Å². The number of nitrogens with one attached hydrogen (secondary N) is 1. The summed E-state index contributed by atoms with van der Waals surface area (Å²) in [5, 5.41) is 0.989. The second-order valence-electron chi connectivity index (χ2n) is 7.14. The molecule has 0 spiro atoms. The quantitative estimate of drug-likeness (QED) is 0.704. The molecule has 3 rings (SSSR count). The Kier molecular flexibility index (Phi) is 5.13. The second-order valence-corrected chi connectivity index (χ2v) is 7.58. The summed E-state index contributed by atoms with van der Waals surface area (Å²) in [6, 6.07) is 10.5. The van der Waals surface area contributed by atoms with E-state index in [1.165, 1.54) is 4.57 Å². The monoisotopic (exact) mass is 387 g/mol. The lowest BCUT2D eigenvalue weighted by Gasteiger charge is -2.28. The minimum absolute atomic E-state index is 0.202. The van der Waals surface area contributed by atoms with Crippen LogP contribution < -0.4 is 21.7 Å². The number of hydrogen-bond acceptors (Lipinski definition) is 4. The van der Waals surface area contributed by atoms with E-state index in [1.54, 1.807) is 36.4 Å². The minimum atomic E-state index is -0.578. The molecule has 3 aromatic rings. The van der Waals surface area contributed by atoms with Crippen LogP contribution in [0.5, 0.6) is 5.75 Å². The Morgan fingerprint density at radius 2 is 1.93 bits per heavy atom. The van der Waals surface area contributed by atoms with Gasteiger partial charge >= 0.3 is 5.69 Å². The van der Waals surface area contributed by atoms with Crippen molar-refractivity contribution in [1.29, 1.82) is 0 Å². The average Bonchev–Trinajstić information content (AvgIpc) is 2.61. The van der Waals surface area contributed by atoms with Crippen molar-refractivity contribution in [2.45, 2.75) is 32.9 Å². The molecule has 27 heavy (non-hydrogen) atoms. The van der Waals surface area contributed by atoms with Gasteiger partial charge in [-0.25, -0.2) is 4.79 Å². The number of aromatic nitrogens is 2. The molecule has 1 heterocycles. The van der Waals surface area contributed by atoms with Gasteiger partial charge in [0.15, 0.2) is 0 Å². The first-order valence-corrected chi connectivity index (χ1v) is 8.99. The predicted molar refractivity (Wildman–Crippen MR) is 108 cm³/mol. The van der Waals surface area contributed by atoms with Crippen molar-refractivity contribution in [2.75, 3.05) is 6.54 Å². The third kappa shape index (κ3) is 3.91. The molecule has 0 saturated carbocycles. The molecule has 0 bridgehead atoms. The van der Waals surface area contributed by atoms with Gasteiger partial charge in [-0.15, -0.1) is 0 Å². The van der Waals surface area contributed by atoms with Gasteiger partial charge < -0.3 is 10.5 Å². The van der Waals surface area contributed by atoms with E-state index in [2.05, 4.69) is 4.98 Å². The number of ether oxygens (including phenoxy) is 1. The molecule has 6 nitrogen and oxygen atoms in total. The van der Waals surface area contributed by atoms with Crippen molar-refractivity contribution in [3.8, 4) is 5.75 Å². The first kappa shape index (κ1) is 19.2. The highest BCUT2D eigenvalue weighted by Crippen LogP contribution is 2.31. The van der Waals surface area contributed by atoms with Crippen LogP contribution in [0.1, 0.15) is 25.0 Å². The maximum absolute atomic E-state index is 12.5. The van der Waals surface area contributed by atoms with E-state index in [-0.39, 0.29) is 6.54 Å². The van der Waals surface area contributed by atoms with E-state index in [1.807, 2.05) is 20.8 Å². The van der Waals surface area contributed by atoms with Crippen molar-refractivity contribution < 1.29 is 4.74 Å². The molecule has 0 atom stereocenters. The van der Waals surface area contributed by atoms with Crippen LogP contribution in [0.4, 0.5) is 0 Å².